The van der Waals surface area contributed by atoms with Crippen LogP contribution in [0.2, 0.25) is 0 Å². The Morgan fingerprint density at radius 2 is 1.80 bits per heavy atom. The number of carboxylic acids is 1. The van der Waals surface area contributed by atoms with Crippen molar-refractivity contribution < 1.29 is 14.7 Å². The number of benzene rings is 1. The highest BCUT2D eigenvalue weighted by Gasteiger charge is 2.25. The van der Waals surface area contributed by atoms with E-state index in [-0.39, 0.29) is 17.4 Å². The lowest BCUT2D eigenvalue weighted by atomic mass is 9.88. The number of rotatable bonds is 2. The smallest absolute Gasteiger partial charge is 0.337 e. The van der Waals surface area contributed by atoms with Crippen LogP contribution >= 0.6 is 0 Å². The van der Waals surface area contributed by atoms with Gasteiger partial charge in [0.2, 0.25) is 5.91 Å². The summed E-state index contributed by atoms with van der Waals surface area (Å²) in [6.45, 7) is 0. The van der Waals surface area contributed by atoms with E-state index in [1.54, 1.807) is 12.1 Å². The number of carbonyl (C=O) groups is 2. The first kappa shape index (κ1) is 12.9. The Morgan fingerprint density at radius 3 is 2.50 bits per heavy atom. The Bertz CT molecular complexity index is 665. The number of aromatic nitrogens is 1. The van der Waals surface area contributed by atoms with E-state index in [2.05, 4.69) is 0 Å². The number of nitrogens with zero attached hydrogens (tertiary/aromatic N) is 1. The van der Waals surface area contributed by atoms with Crippen LogP contribution in [0.1, 0.15) is 47.3 Å². The van der Waals surface area contributed by atoms with Gasteiger partial charge in [-0.05, 0) is 18.9 Å². The van der Waals surface area contributed by atoms with E-state index < -0.39 is 5.97 Å². The molecule has 2 aromatic rings. The lowest BCUT2D eigenvalue weighted by Crippen LogP contribution is -2.23. The number of carbonyl (C=O) groups excluding carboxylic acids is 1. The molecule has 4 heteroatoms. The summed E-state index contributed by atoms with van der Waals surface area (Å²) in [5, 5.41) is 9.89. The first-order chi connectivity index (χ1) is 9.68. The Balaban J connectivity index is 2.06. The molecule has 1 aliphatic carbocycles. The second kappa shape index (κ2) is 5.12. The zero-order valence-electron chi connectivity index (χ0n) is 11.2. The van der Waals surface area contributed by atoms with Crippen LogP contribution in [0.3, 0.4) is 0 Å². The summed E-state index contributed by atoms with van der Waals surface area (Å²) in [4.78, 5) is 23.9. The molecule has 1 fully saturated rings. The topological polar surface area (TPSA) is 59.3 Å². The maximum atomic E-state index is 12.6. The molecule has 0 saturated heterocycles. The Kier molecular flexibility index (Phi) is 3.30. The van der Waals surface area contributed by atoms with E-state index in [9.17, 15) is 14.7 Å². The summed E-state index contributed by atoms with van der Waals surface area (Å²) in [7, 11) is 0. The molecule has 0 aliphatic heterocycles. The average Bonchev–Trinajstić information content (AvgIpc) is 2.87. The molecule has 0 spiro atoms. The summed E-state index contributed by atoms with van der Waals surface area (Å²) >= 11 is 0. The lowest BCUT2D eigenvalue weighted by Gasteiger charge is -2.20. The minimum Gasteiger partial charge on any atom is -0.478 e. The number of carboxylic acid groups (broad SMARTS) is 1. The zero-order valence-corrected chi connectivity index (χ0v) is 11.2. The summed E-state index contributed by atoms with van der Waals surface area (Å²) in [5.41, 5.74) is 0.894. The van der Waals surface area contributed by atoms with Crippen LogP contribution < -0.4 is 0 Å². The molecule has 20 heavy (non-hydrogen) atoms. The number of aromatic carboxylic acids is 1. The third-order valence-electron chi connectivity index (χ3n) is 4.13. The van der Waals surface area contributed by atoms with Crippen molar-refractivity contribution in [3.63, 3.8) is 0 Å². The highest BCUT2D eigenvalue weighted by molar-refractivity contribution is 6.06. The molecule has 1 aromatic heterocycles. The Morgan fingerprint density at radius 1 is 1.10 bits per heavy atom. The highest BCUT2D eigenvalue weighted by atomic mass is 16.4. The molecule has 1 aromatic carbocycles. The Labute approximate surface area is 117 Å². The molecule has 0 amide bonds. The number of fused-ring (bicyclic) bond motifs is 1. The molecule has 4 nitrogen and oxygen atoms in total. The third-order valence-corrected chi connectivity index (χ3v) is 4.13. The maximum Gasteiger partial charge on any atom is 0.337 e. The fourth-order valence-corrected chi connectivity index (χ4v) is 3.08. The predicted molar refractivity (Wildman–Crippen MR) is 76.1 cm³/mol. The van der Waals surface area contributed by atoms with E-state index in [0.29, 0.717) is 10.9 Å². The van der Waals surface area contributed by atoms with Gasteiger partial charge in [0.1, 0.15) is 0 Å². The molecule has 0 radical (unpaired) electrons. The Hall–Kier alpha value is -2.10. The van der Waals surface area contributed by atoms with Crippen LogP contribution in [-0.2, 0) is 0 Å². The molecule has 0 unspecified atom stereocenters. The van der Waals surface area contributed by atoms with Gasteiger partial charge in [0, 0.05) is 17.5 Å². The standard InChI is InChI=1S/C16H17NO3/c18-15(11-6-2-1-3-7-11)17-10-13(16(19)20)12-8-4-5-9-14(12)17/h4-5,8-11H,1-3,6-7H2,(H,19,20). The van der Waals surface area contributed by atoms with Crippen LogP contribution in [0.5, 0.6) is 0 Å². The van der Waals surface area contributed by atoms with Gasteiger partial charge in [-0.3, -0.25) is 9.36 Å². The molecule has 1 saturated carbocycles. The van der Waals surface area contributed by atoms with Crippen molar-refractivity contribution in [2.45, 2.75) is 32.1 Å². The second-order valence-corrected chi connectivity index (χ2v) is 5.41. The zero-order chi connectivity index (χ0) is 14.1. The molecule has 3 rings (SSSR count). The first-order valence-corrected chi connectivity index (χ1v) is 7.06. The summed E-state index contributed by atoms with van der Waals surface area (Å²) < 4.78 is 1.54. The van der Waals surface area contributed by atoms with Gasteiger partial charge in [-0.15, -0.1) is 0 Å². The molecule has 1 N–H and O–H groups in total. The van der Waals surface area contributed by atoms with Gasteiger partial charge < -0.3 is 5.11 Å². The van der Waals surface area contributed by atoms with Crippen molar-refractivity contribution in [2.75, 3.05) is 0 Å². The maximum absolute atomic E-state index is 12.6. The van der Waals surface area contributed by atoms with Gasteiger partial charge in [0.25, 0.3) is 0 Å². The SMILES string of the molecule is O=C(O)c1cn(C(=O)C2CCCCC2)c2ccccc12. The molecule has 104 valence electrons. The van der Waals surface area contributed by atoms with Crippen molar-refractivity contribution in [3.8, 4) is 0 Å². The van der Waals surface area contributed by atoms with E-state index in [4.69, 9.17) is 0 Å². The summed E-state index contributed by atoms with van der Waals surface area (Å²) in [5.74, 6) is -0.925. The molecule has 0 bridgehead atoms. The fourth-order valence-electron chi connectivity index (χ4n) is 3.08. The molecule has 0 atom stereocenters. The van der Waals surface area contributed by atoms with Gasteiger partial charge in [-0.2, -0.15) is 0 Å². The van der Waals surface area contributed by atoms with Crippen LogP contribution in [0, 0.1) is 5.92 Å². The number of para-hydroxylation sites is 1. The largest absolute Gasteiger partial charge is 0.478 e. The van der Waals surface area contributed by atoms with Gasteiger partial charge in [-0.1, -0.05) is 37.5 Å². The monoisotopic (exact) mass is 271 g/mol. The summed E-state index contributed by atoms with van der Waals surface area (Å²) in [6.07, 6.45) is 6.66. The molecule has 1 aliphatic rings. The van der Waals surface area contributed by atoms with Crippen molar-refractivity contribution in [3.05, 3.63) is 36.0 Å². The molecule has 1 heterocycles. The van der Waals surface area contributed by atoms with Gasteiger partial charge in [0.05, 0.1) is 11.1 Å². The minimum absolute atomic E-state index is 0.0289. The van der Waals surface area contributed by atoms with Gasteiger partial charge in [0.15, 0.2) is 0 Å². The quantitative estimate of drug-likeness (QED) is 0.908. The normalized spacial score (nSPS) is 16.4. The summed E-state index contributed by atoms with van der Waals surface area (Å²) in [6, 6.07) is 7.19. The fraction of sp³-hybridized carbons (Fsp3) is 0.375. The van der Waals surface area contributed by atoms with Crippen LogP contribution in [-0.4, -0.2) is 21.6 Å². The van der Waals surface area contributed by atoms with Crippen LogP contribution in [0.25, 0.3) is 10.9 Å². The van der Waals surface area contributed by atoms with Crippen molar-refractivity contribution in [1.82, 2.24) is 4.57 Å². The average molecular weight is 271 g/mol. The van der Waals surface area contributed by atoms with E-state index in [1.807, 2.05) is 12.1 Å². The predicted octanol–water partition coefficient (Wildman–Crippen LogP) is 3.56. The van der Waals surface area contributed by atoms with Crippen molar-refractivity contribution in [2.24, 2.45) is 5.92 Å². The third kappa shape index (κ3) is 2.11. The second-order valence-electron chi connectivity index (χ2n) is 5.41. The number of hydrogen-bond donors (Lipinski definition) is 1. The van der Waals surface area contributed by atoms with Crippen LogP contribution in [0.4, 0.5) is 0 Å². The highest BCUT2D eigenvalue weighted by Crippen LogP contribution is 2.28. The van der Waals surface area contributed by atoms with E-state index >= 15 is 0 Å². The van der Waals surface area contributed by atoms with E-state index in [0.717, 1.165) is 25.7 Å². The van der Waals surface area contributed by atoms with E-state index in [1.165, 1.54) is 17.2 Å². The number of hydrogen-bond acceptors (Lipinski definition) is 2. The van der Waals surface area contributed by atoms with Crippen molar-refractivity contribution in [1.29, 1.82) is 0 Å². The minimum atomic E-state index is -0.989. The van der Waals surface area contributed by atoms with Crippen molar-refractivity contribution >= 4 is 22.8 Å². The molecular weight excluding hydrogens is 254 g/mol. The van der Waals surface area contributed by atoms with Crippen LogP contribution in [0.15, 0.2) is 30.5 Å². The van der Waals surface area contributed by atoms with Gasteiger partial charge in [-0.25, -0.2) is 4.79 Å². The van der Waals surface area contributed by atoms with Gasteiger partial charge >= 0.3 is 5.97 Å². The lowest BCUT2D eigenvalue weighted by molar-refractivity contribution is 0.0699. The first-order valence-electron chi connectivity index (χ1n) is 7.06. The molecular formula is C16H17NO3.